The molecule has 1 aliphatic heterocycles. The highest BCUT2D eigenvalue weighted by Gasteiger charge is 2.29. The summed E-state index contributed by atoms with van der Waals surface area (Å²) >= 11 is 1.10. The van der Waals surface area contributed by atoms with Crippen molar-refractivity contribution in [3.8, 4) is 0 Å². The van der Waals surface area contributed by atoms with E-state index in [0.29, 0.717) is 13.1 Å². The summed E-state index contributed by atoms with van der Waals surface area (Å²) in [7, 11) is -7.41. The first-order valence-electron chi connectivity index (χ1n) is 7.50. The van der Waals surface area contributed by atoms with Crippen LogP contribution in [0.3, 0.4) is 0 Å². The minimum atomic E-state index is -3.75. The molecule has 2 heterocycles. The maximum atomic E-state index is 12.7. The molecule has 0 bridgehead atoms. The molecule has 0 radical (unpaired) electrons. The Kier molecular flexibility index (Phi) is 4.80. The van der Waals surface area contributed by atoms with Crippen LogP contribution in [0.2, 0.25) is 0 Å². The average molecular weight is 387 g/mol. The highest BCUT2D eigenvalue weighted by atomic mass is 32.2. The van der Waals surface area contributed by atoms with Gasteiger partial charge < -0.3 is 5.73 Å². The molecule has 24 heavy (non-hydrogen) atoms. The van der Waals surface area contributed by atoms with Crippen LogP contribution in [-0.4, -0.2) is 34.2 Å². The van der Waals surface area contributed by atoms with Gasteiger partial charge in [0.15, 0.2) is 0 Å². The standard InChI is InChI=1S/C15H18N2O4S3/c16-11-12-6-7-15(22-12)23(18,19)13-4-3-5-14(10-13)24(20,21)17-8-1-2-9-17/h3-7,10H,1-2,8-9,11,16H2. The van der Waals surface area contributed by atoms with Gasteiger partial charge in [-0.2, -0.15) is 4.31 Å². The van der Waals surface area contributed by atoms with E-state index in [4.69, 9.17) is 5.73 Å². The van der Waals surface area contributed by atoms with Crippen LogP contribution in [0.15, 0.2) is 50.4 Å². The van der Waals surface area contributed by atoms with Crippen LogP contribution in [0.4, 0.5) is 0 Å². The fraction of sp³-hybridized carbons (Fsp3) is 0.333. The van der Waals surface area contributed by atoms with Crippen LogP contribution >= 0.6 is 11.3 Å². The number of thiophene rings is 1. The van der Waals surface area contributed by atoms with Gasteiger partial charge in [0.1, 0.15) is 4.21 Å². The number of sulfonamides is 1. The molecular weight excluding hydrogens is 368 g/mol. The summed E-state index contributed by atoms with van der Waals surface area (Å²) in [5.74, 6) is 0. The van der Waals surface area contributed by atoms with Crippen LogP contribution in [0.5, 0.6) is 0 Å². The Bertz CT molecular complexity index is 943. The van der Waals surface area contributed by atoms with E-state index in [2.05, 4.69) is 0 Å². The van der Waals surface area contributed by atoms with Crippen LogP contribution in [-0.2, 0) is 26.4 Å². The van der Waals surface area contributed by atoms with Gasteiger partial charge in [0, 0.05) is 24.5 Å². The average Bonchev–Trinajstić information content (AvgIpc) is 3.26. The van der Waals surface area contributed by atoms with Gasteiger partial charge >= 0.3 is 0 Å². The molecule has 2 N–H and O–H groups in total. The Morgan fingerprint density at radius 1 is 1.00 bits per heavy atom. The van der Waals surface area contributed by atoms with Crippen molar-refractivity contribution in [2.24, 2.45) is 5.73 Å². The molecule has 2 aromatic rings. The molecule has 0 aliphatic carbocycles. The van der Waals surface area contributed by atoms with Gasteiger partial charge in [-0.25, -0.2) is 16.8 Å². The van der Waals surface area contributed by atoms with Gasteiger partial charge in [0.05, 0.1) is 9.79 Å². The van der Waals surface area contributed by atoms with Crippen molar-refractivity contribution in [1.82, 2.24) is 4.31 Å². The summed E-state index contributed by atoms with van der Waals surface area (Å²) in [6, 6.07) is 8.73. The van der Waals surface area contributed by atoms with E-state index < -0.39 is 19.9 Å². The van der Waals surface area contributed by atoms with Gasteiger partial charge in [0.2, 0.25) is 19.9 Å². The molecule has 1 aromatic carbocycles. The van der Waals surface area contributed by atoms with E-state index in [0.717, 1.165) is 29.1 Å². The predicted molar refractivity (Wildman–Crippen MR) is 92.1 cm³/mol. The smallest absolute Gasteiger partial charge is 0.243 e. The van der Waals surface area contributed by atoms with Gasteiger partial charge in [0.25, 0.3) is 0 Å². The second kappa shape index (κ2) is 6.57. The van der Waals surface area contributed by atoms with E-state index in [9.17, 15) is 16.8 Å². The first-order chi connectivity index (χ1) is 11.4. The summed E-state index contributed by atoms with van der Waals surface area (Å²) in [5, 5.41) is 0. The largest absolute Gasteiger partial charge is 0.326 e. The van der Waals surface area contributed by atoms with Crippen LogP contribution in [0.1, 0.15) is 17.7 Å². The molecule has 6 nitrogen and oxygen atoms in total. The number of nitrogens with zero attached hydrogens (tertiary/aromatic N) is 1. The van der Waals surface area contributed by atoms with Crippen molar-refractivity contribution < 1.29 is 16.8 Å². The molecular formula is C15H18N2O4S3. The van der Waals surface area contributed by atoms with E-state index in [-0.39, 0.29) is 20.5 Å². The normalized spacial score (nSPS) is 16.5. The van der Waals surface area contributed by atoms with Crippen molar-refractivity contribution in [2.75, 3.05) is 13.1 Å². The Labute approximate surface area is 145 Å². The molecule has 0 unspecified atom stereocenters. The highest BCUT2D eigenvalue weighted by molar-refractivity contribution is 7.93. The first-order valence-corrected chi connectivity index (χ1v) is 11.2. The minimum absolute atomic E-state index is 0.0149. The molecule has 9 heteroatoms. The topological polar surface area (TPSA) is 97.5 Å². The van der Waals surface area contributed by atoms with Gasteiger partial charge in [-0.05, 0) is 43.2 Å². The third-order valence-corrected chi connectivity index (χ3v) is 9.17. The van der Waals surface area contributed by atoms with Crippen molar-refractivity contribution >= 4 is 31.2 Å². The lowest BCUT2D eigenvalue weighted by Gasteiger charge is -2.16. The Morgan fingerprint density at radius 2 is 1.67 bits per heavy atom. The Hall–Kier alpha value is -1.26. The summed E-state index contributed by atoms with van der Waals surface area (Å²) in [4.78, 5) is 0.753. The van der Waals surface area contributed by atoms with E-state index in [1.54, 1.807) is 6.07 Å². The fourth-order valence-electron chi connectivity index (χ4n) is 2.61. The monoisotopic (exact) mass is 386 g/mol. The second-order valence-corrected chi connectivity index (χ2v) is 10.8. The molecule has 130 valence electrons. The number of hydrogen-bond acceptors (Lipinski definition) is 6. The number of sulfone groups is 1. The summed E-state index contributed by atoms with van der Waals surface area (Å²) < 4.78 is 52.2. The molecule has 1 aromatic heterocycles. The molecule has 0 saturated carbocycles. The van der Waals surface area contributed by atoms with E-state index >= 15 is 0 Å². The van der Waals surface area contributed by atoms with Crippen LogP contribution in [0, 0.1) is 0 Å². The van der Waals surface area contributed by atoms with Crippen molar-refractivity contribution in [3.05, 3.63) is 41.3 Å². The lowest BCUT2D eigenvalue weighted by molar-refractivity contribution is 0.477. The third-order valence-electron chi connectivity index (χ3n) is 3.92. The van der Waals surface area contributed by atoms with Crippen LogP contribution in [0.25, 0.3) is 0 Å². The van der Waals surface area contributed by atoms with Gasteiger partial charge in [-0.15, -0.1) is 11.3 Å². The molecule has 3 rings (SSSR count). The molecule has 0 atom stereocenters. The zero-order valence-electron chi connectivity index (χ0n) is 12.9. The SMILES string of the molecule is NCc1ccc(S(=O)(=O)c2cccc(S(=O)(=O)N3CCCC3)c2)s1. The Balaban J connectivity index is 2.01. The maximum absolute atomic E-state index is 12.7. The van der Waals surface area contributed by atoms with Crippen molar-refractivity contribution in [1.29, 1.82) is 0 Å². The quantitative estimate of drug-likeness (QED) is 0.845. The van der Waals surface area contributed by atoms with Crippen molar-refractivity contribution in [3.63, 3.8) is 0 Å². The Morgan fingerprint density at radius 3 is 2.29 bits per heavy atom. The van der Waals surface area contributed by atoms with Crippen molar-refractivity contribution in [2.45, 2.75) is 33.4 Å². The molecule has 1 aliphatic rings. The first kappa shape index (κ1) is 17.6. The summed E-state index contributed by atoms with van der Waals surface area (Å²) in [6.45, 7) is 1.22. The number of hydrogen-bond donors (Lipinski definition) is 1. The lowest BCUT2D eigenvalue weighted by atomic mass is 10.4. The van der Waals surface area contributed by atoms with E-state index in [1.807, 2.05) is 0 Å². The predicted octanol–water partition coefficient (Wildman–Crippen LogP) is 1.82. The second-order valence-electron chi connectivity index (χ2n) is 5.51. The summed E-state index contributed by atoms with van der Waals surface area (Å²) in [6.07, 6.45) is 1.66. The third kappa shape index (κ3) is 3.14. The zero-order valence-corrected chi connectivity index (χ0v) is 15.3. The van der Waals surface area contributed by atoms with Gasteiger partial charge in [-0.3, -0.25) is 0 Å². The molecule has 1 saturated heterocycles. The zero-order chi connectivity index (χ0) is 17.4. The fourth-order valence-corrected chi connectivity index (χ4v) is 6.93. The number of benzene rings is 1. The molecule has 1 fully saturated rings. The highest BCUT2D eigenvalue weighted by Crippen LogP contribution is 2.30. The minimum Gasteiger partial charge on any atom is -0.326 e. The van der Waals surface area contributed by atoms with Gasteiger partial charge in [-0.1, -0.05) is 6.07 Å². The summed E-state index contributed by atoms with van der Waals surface area (Å²) in [5.41, 5.74) is 5.53. The van der Waals surface area contributed by atoms with Crippen LogP contribution < -0.4 is 5.73 Å². The van der Waals surface area contributed by atoms with E-state index in [1.165, 1.54) is 34.6 Å². The molecule has 0 spiro atoms. The lowest BCUT2D eigenvalue weighted by Crippen LogP contribution is -2.27. The number of nitrogens with two attached hydrogens (primary N) is 1. The molecule has 0 amide bonds. The maximum Gasteiger partial charge on any atom is 0.243 e. The number of rotatable bonds is 5.